The maximum Gasteiger partial charge on any atom is 0.328 e. The van der Waals surface area contributed by atoms with E-state index in [1.807, 2.05) is 6.20 Å². The van der Waals surface area contributed by atoms with E-state index in [2.05, 4.69) is 36.1 Å². The molecule has 0 atom stereocenters. The molecule has 0 bridgehead atoms. The average Bonchev–Trinajstić information content (AvgIpc) is 3.47. The van der Waals surface area contributed by atoms with Gasteiger partial charge < -0.3 is 25.4 Å². The number of carboxylic acid groups (broad SMARTS) is 2. The van der Waals surface area contributed by atoms with Crippen LogP contribution < -0.4 is 10.5 Å². The van der Waals surface area contributed by atoms with Gasteiger partial charge in [-0.05, 0) is 74.7 Å². The summed E-state index contributed by atoms with van der Waals surface area (Å²) in [7, 11) is -1.94. The second-order valence-electron chi connectivity index (χ2n) is 12.0. The van der Waals surface area contributed by atoms with Gasteiger partial charge in [0.25, 0.3) is 10.0 Å². The molecule has 0 radical (unpaired) electrons. The maximum atomic E-state index is 15.3. The summed E-state index contributed by atoms with van der Waals surface area (Å²) in [5, 5.41) is 16.3. The van der Waals surface area contributed by atoms with E-state index in [1.54, 1.807) is 6.07 Å². The molecule has 1 saturated carbocycles. The fourth-order valence-corrected chi connectivity index (χ4v) is 7.29. The molecule has 0 amide bonds. The van der Waals surface area contributed by atoms with Crippen LogP contribution in [0.1, 0.15) is 31.7 Å². The molecule has 13 nitrogen and oxygen atoms in total. The molecule has 5 N–H and O–H groups in total. The minimum atomic E-state index is -4.10. The SMILES string of the molecule is CN1CCN(C2CCC(n3cc(-c4ccc(NS(=O)(=O)c5ccc(F)cc5)c(F)c4)c4c(N)ncnc43)CC2)CC1.O=C(O)/C=C\C(=O)O. The Balaban J connectivity index is 0.000000523. The molecule has 2 aromatic carbocycles. The van der Waals surface area contributed by atoms with Crippen LogP contribution in [0.15, 0.2) is 72.0 Å². The number of likely N-dealkylation sites (N-methyl/N-ethyl adjacent to an activating group) is 1. The monoisotopic (exact) mass is 697 g/mol. The Morgan fingerprint density at radius 2 is 1.53 bits per heavy atom. The predicted octanol–water partition coefficient (Wildman–Crippen LogP) is 4.20. The summed E-state index contributed by atoms with van der Waals surface area (Å²) >= 11 is 0. The van der Waals surface area contributed by atoms with E-state index in [1.165, 1.54) is 18.5 Å². The lowest BCUT2D eigenvalue weighted by atomic mass is 9.89. The van der Waals surface area contributed by atoms with Crippen molar-refractivity contribution in [2.45, 2.75) is 42.7 Å². The fourth-order valence-electron chi connectivity index (χ4n) is 6.22. The van der Waals surface area contributed by atoms with Crippen molar-refractivity contribution in [3.05, 3.63) is 78.8 Å². The highest BCUT2D eigenvalue weighted by molar-refractivity contribution is 7.92. The van der Waals surface area contributed by atoms with Gasteiger partial charge >= 0.3 is 11.9 Å². The highest BCUT2D eigenvalue weighted by Gasteiger charge is 2.30. The second kappa shape index (κ2) is 15.1. The molecule has 6 rings (SSSR count). The van der Waals surface area contributed by atoms with Crippen LogP contribution in [-0.4, -0.2) is 94.2 Å². The number of nitrogen functional groups attached to an aromatic ring is 1. The van der Waals surface area contributed by atoms with Gasteiger partial charge in [-0.15, -0.1) is 0 Å². The van der Waals surface area contributed by atoms with Crippen molar-refractivity contribution in [1.82, 2.24) is 24.3 Å². The molecule has 0 unspecified atom stereocenters. The van der Waals surface area contributed by atoms with Gasteiger partial charge in [0.1, 0.15) is 29.4 Å². The third-order valence-corrected chi connectivity index (χ3v) is 10.2. The lowest BCUT2D eigenvalue weighted by Gasteiger charge is -2.41. The largest absolute Gasteiger partial charge is 0.478 e. The van der Waals surface area contributed by atoms with Gasteiger partial charge in [-0.25, -0.2) is 36.8 Å². The van der Waals surface area contributed by atoms with Gasteiger partial charge in [-0.1, -0.05) is 6.07 Å². The number of piperazine rings is 1. The number of hydrogen-bond acceptors (Lipinski definition) is 9. The normalized spacial score (nSPS) is 19.0. The number of nitrogens with two attached hydrogens (primary N) is 1. The van der Waals surface area contributed by atoms with Crippen molar-refractivity contribution < 1.29 is 37.0 Å². The molecule has 4 aromatic rings. The summed E-state index contributed by atoms with van der Waals surface area (Å²) < 4.78 is 58.4. The van der Waals surface area contributed by atoms with E-state index in [9.17, 15) is 22.4 Å². The molecular formula is C33H37F2N7O6S. The van der Waals surface area contributed by atoms with Gasteiger partial charge in [-0.2, -0.15) is 0 Å². The lowest BCUT2D eigenvalue weighted by molar-refractivity contribution is -0.134. The summed E-state index contributed by atoms with van der Waals surface area (Å²) in [6.07, 6.45) is 8.73. The predicted molar refractivity (Wildman–Crippen MR) is 179 cm³/mol. The molecule has 2 aliphatic rings. The van der Waals surface area contributed by atoms with E-state index in [4.69, 9.17) is 15.9 Å². The van der Waals surface area contributed by atoms with Gasteiger partial charge in [0.05, 0.1) is 16.0 Å². The quantitative estimate of drug-likeness (QED) is 0.194. The van der Waals surface area contributed by atoms with Crippen molar-refractivity contribution in [3.63, 3.8) is 0 Å². The molecule has 2 aromatic heterocycles. The number of hydrogen-bond donors (Lipinski definition) is 4. The highest BCUT2D eigenvalue weighted by Crippen LogP contribution is 2.39. The first-order valence-electron chi connectivity index (χ1n) is 15.6. The smallest absolute Gasteiger partial charge is 0.328 e. The molecule has 3 heterocycles. The molecule has 16 heteroatoms. The molecule has 1 aliphatic heterocycles. The number of sulfonamides is 1. The van der Waals surface area contributed by atoms with Gasteiger partial charge in [0.15, 0.2) is 0 Å². The number of fused-ring (bicyclic) bond motifs is 1. The van der Waals surface area contributed by atoms with Gasteiger partial charge in [0.2, 0.25) is 0 Å². The minimum absolute atomic E-state index is 0.169. The Bertz CT molecular complexity index is 1940. The summed E-state index contributed by atoms with van der Waals surface area (Å²) in [4.78, 5) is 32.7. The number of aromatic nitrogens is 3. The average molecular weight is 698 g/mol. The third kappa shape index (κ3) is 8.57. The number of nitrogens with one attached hydrogen (secondary N) is 1. The molecule has 0 spiro atoms. The lowest BCUT2D eigenvalue weighted by Crippen LogP contribution is -2.49. The van der Waals surface area contributed by atoms with Crippen molar-refractivity contribution in [2.24, 2.45) is 0 Å². The first-order valence-corrected chi connectivity index (χ1v) is 17.1. The van der Waals surface area contributed by atoms with Crippen LogP contribution in [0.3, 0.4) is 0 Å². The molecule has 49 heavy (non-hydrogen) atoms. The van der Waals surface area contributed by atoms with Gasteiger partial charge in [-0.3, -0.25) is 9.62 Å². The summed E-state index contributed by atoms with van der Waals surface area (Å²) in [6, 6.07) is 9.43. The highest BCUT2D eigenvalue weighted by atomic mass is 32.2. The van der Waals surface area contributed by atoms with Crippen molar-refractivity contribution >= 4 is 44.5 Å². The Kier molecular flexibility index (Phi) is 10.9. The zero-order chi connectivity index (χ0) is 35.3. The first kappa shape index (κ1) is 35.4. The van der Waals surface area contributed by atoms with Crippen molar-refractivity contribution in [2.75, 3.05) is 43.7 Å². The van der Waals surface area contributed by atoms with Crippen LogP contribution in [0.4, 0.5) is 20.3 Å². The molecule has 1 aliphatic carbocycles. The number of halogens is 2. The van der Waals surface area contributed by atoms with Crippen LogP contribution in [0.5, 0.6) is 0 Å². The fraction of sp³-hybridized carbons (Fsp3) is 0.333. The maximum absolute atomic E-state index is 15.3. The van der Waals surface area contributed by atoms with Crippen molar-refractivity contribution in [3.8, 4) is 11.1 Å². The number of benzene rings is 2. The number of anilines is 2. The Labute approximate surface area is 281 Å². The van der Waals surface area contributed by atoms with E-state index in [-0.39, 0.29) is 16.6 Å². The summed E-state index contributed by atoms with van der Waals surface area (Å²) in [6.45, 7) is 4.41. The Morgan fingerprint density at radius 3 is 2.12 bits per heavy atom. The Morgan fingerprint density at radius 1 is 0.918 bits per heavy atom. The summed E-state index contributed by atoms with van der Waals surface area (Å²) in [5.74, 6) is -3.53. The minimum Gasteiger partial charge on any atom is -0.478 e. The topological polar surface area (TPSA) is 184 Å². The summed E-state index contributed by atoms with van der Waals surface area (Å²) in [5.41, 5.74) is 8.02. The number of carbonyl (C=O) groups is 2. The number of carboxylic acids is 2. The van der Waals surface area contributed by atoms with Gasteiger partial charge in [0, 0.05) is 62.2 Å². The van der Waals surface area contributed by atoms with Crippen LogP contribution >= 0.6 is 0 Å². The van der Waals surface area contributed by atoms with Crippen LogP contribution in [0, 0.1) is 11.6 Å². The Hall–Kier alpha value is -4.93. The van der Waals surface area contributed by atoms with Crippen LogP contribution in [0.25, 0.3) is 22.2 Å². The van der Waals surface area contributed by atoms with Crippen LogP contribution in [0.2, 0.25) is 0 Å². The third-order valence-electron chi connectivity index (χ3n) is 8.77. The number of aliphatic carboxylic acids is 2. The number of rotatable bonds is 8. The molecule has 2 fully saturated rings. The zero-order valence-electron chi connectivity index (χ0n) is 26.7. The van der Waals surface area contributed by atoms with Crippen LogP contribution in [-0.2, 0) is 19.6 Å². The number of nitrogens with zero attached hydrogens (tertiary/aromatic N) is 5. The van der Waals surface area contributed by atoms with E-state index < -0.39 is 33.6 Å². The van der Waals surface area contributed by atoms with E-state index in [0.717, 1.165) is 76.1 Å². The van der Waals surface area contributed by atoms with Crippen molar-refractivity contribution in [1.29, 1.82) is 0 Å². The van der Waals surface area contributed by atoms with E-state index in [0.29, 0.717) is 46.2 Å². The molecule has 260 valence electrons. The molecular weight excluding hydrogens is 660 g/mol. The first-order chi connectivity index (χ1) is 23.3. The standard InChI is InChI=1S/C29H33F2N7O2S.C4H4O4/c1-36-12-14-37(15-13-36)21-5-7-22(8-6-21)38-17-24(27-28(32)33-18-34-29(27)38)19-2-11-26(25(31)16-19)35-41(39,40)23-9-3-20(30)4-10-23;5-3(6)1-2-4(7)8/h2-4,9-11,16-18,21-22,35H,5-8,12-15H2,1H3,(H2,32,33,34);1-2H,(H,5,6)(H,7,8)/b;2-1-. The molecule has 1 saturated heterocycles. The zero-order valence-corrected chi connectivity index (χ0v) is 27.5. The second-order valence-corrected chi connectivity index (χ2v) is 13.7. The van der Waals surface area contributed by atoms with E-state index >= 15 is 4.39 Å².